The van der Waals surface area contributed by atoms with Gasteiger partial charge in [-0.15, -0.1) is 0 Å². The van der Waals surface area contributed by atoms with Crippen LogP contribution in [0.3, 0.4) is 0 Å². The van der Waals surface area contributed by atoms with Gasteiger partial charge in [0.15, 0.2) is 0 Å². The van der Waals surface area contributed by atoms with Crippen LogP contribution in [0.25, 0.3) is 5.57 Å². The van der Waals surface area contributed by atoms with E-state index in [4.69, 9.17) is 21.1 Å². The van der Waals surface area contributed by atoms with Crippen molar-refractivity contribution < 1.29 is 19.1 Å². The molecule has 0 aromatic heterocycles. The molecule has 0 amide bonds. The first-order valence-corrected chi connectivity index (χ1v) is 7.72. The lowest BCUT2D eigenvalue weighted by molar-refractivity contribution is -0.142. The lowest BCUT2D eigenvalue weighted by Gasteiger charge is -2.18. The number of carbonyl (C=O) groups excluding carboxylic acids is 2. The Bertz CT molecular complexity index is 842. The fourth-order valence-electron chi connectivity index (χ4n) is 2.82. The van der Waals surface area contributed by atoms with Crippen molar-refractivity contribution in [2.24, 2.45) is 0 Å². The molecule has 1 aliphatic rings. The van der Waals surface area contributed by atoms with Gasteiger partial charge in [-0.3, -0.25) is 9.59 Å². The molecule has 1 atom stereocenters. The maximum absolute atomic E-state index is 12.5. The van der Waals surface area contributed by atoms with E-state index in [0.29, 0.717) is 16.3 Å². The van der Waals surface area contributed by atoms with Gasteiger partial charge in [-0.1, -0.05) is 48.0 Å². The minimum Gasteiger partial charge on any atom is -0.468 e. The molecule has 4 nitrogen and oxygen atoms in total. The van der Waals surface area contributed by atoms with Crippen LogP contribution in [0.1, 0.15) is 18.1 Å². The topological polar surface area (TPSA) is 52.6 Å². The second kappa shape index (κ2) is 6.13. The quantitative estimate of drug-likeness (QED) is 0.627. The van der Waals surface area contributed by atoms with Gasteiger partial charge in [0.1, 0.15) is 11.2 Å². The Hall–Kier alpha value is -2.59. The number of hydrogen-bond acceptors (Lipinski definition) is 4. The summed E-state index contributed by atoms with van der Waals surface area (Å²) in [5.41, 5.74) is 1.21. The molecule has 2 aromatic rings. The van der Waals surface area contributed by atoms with E-state index in [9.17, 15) is 9.59 Å². The Morgan fingerprint density at radius 1 is 1.08 bits per heavy atom. The molecule has 1 aliphatic carbocycles. The molecule has 3 rings (SSSR count). The van der Waals surface area contributed by atoms with Crippen LogP contribution in [0.15, 0.2) is 54.6 Å². The number of halogens is 1. The highest BCUT2D eigenvalue weighted by molar-refractivity contribution is 6.31. The van der Waals surface area contributed by atoms with Crippen molar-refractivity contribution in [2.45, 2.75) is 12.3 Å². The lowest BCUT2D eigenvalue weighted by Crippen LogP contribution is -2.25. The van der Waals surface area contributed by atoms with Gasteiger partial charge in [-0.25, -0.2) is 0 Å². The Balaban J connectivity index is 2.06. The fourth-order valence-corrected chi connectivity index (χ4v) is 2.98. The maximum atomic E-state index is 12.5. The zero-order valence-corrected chi connectivity index (χ0v) is 14.0. The van der Waals surface area contributed by atoms with E-state index >= 15 is 0 Å². The molecule has 0 spiro atoms. The zero-order chi connectivity index (χ0) is 17.3. The highest BCUT2D eigenvalue weighted by Gasteiger charge is 2.54. The van der Waals surface area contributed by atoms with E-state index in [0.717, 1.165) is 11.1 Å². The summed E-state index contributed by atoms with van der Waals surface area (Å²) < 4.78 is 10.3. The van der Waals surface area contributed by atoms with Crippen molar-refractivity contribution >= 4 is 29.1 Å². The predicted octanol–water partition coefficient (Wildman–Crippen LogP) is 3.77. The van der Waals surface area contributed by atoms with Crippen LogP contribution in [0.4, 0.5) is 0 Å². The van der Waals surface area contributed by atoms with Crippen LogP contribution < -0.4 is 4.74 Å². The predicted molar refractivity (Wildman–Crippen MR) is 90.9 cm³/mol. The number of carbonyl (C=O) groups is 2. The smallest absolute Gasteiger partial charge is 0.324 e. The summed E-state index contributed by atoms with van der Waals surface area (Å²) >= 11 is 6.00. The summed E-state index contributed by atoms with van der Waals surface area (Å²) in [6, 6.07) is 14.3. The number of benzene rings is 2. The molecule has 1 unspecified atom stereocenters. The van der Waals surface area contributed by atoms with E-state index in [2.05, 4.69) is 0 Å². The Morgan fingerprint density at radius 3 is 2.42 bits per heavy atom. The number of hydrogen-bond donors (Lipinski definition) is 0. The van der Waals surface area contributed by atoms with Gasteiger partial charge in [0.2, 0.25) is 0 Å². The summed E-state index contributed by atoms with van der Waals surface area (Å²) in [6.07, 6.45) is 1.81. The molecule has 0 heterocycles. The van der Waals surface area contributed by atoms with Gasteiger partial charge in [-0.05, 0) is 23.3 Å². The highest BCUT2D eigenvalue weighted by atomic mass is 35.5. The third-order valence-corrected chi connectivity index (χ3v) is 4.16. The van der Waals surface area contributed by atoms with Gasteiger partial charge in [-0.2, -0.15) is 0 Å². The zero-order valence-electron chi connectivity index (χ0n) is 13.2. The minimum absolute atomic E-state index is 0.322. The fraction of sp³-hybridized carbons (Fsp3) is 0.158. The summed E-state index contributed by atoms with van der Waals surface area (Å²) in [6.45, 7) is 1.32. The van der Waals surface area contributed by atoms with Gasteiger partial charge < -0.3 is 9.47 Å². The molecular formula is C19H15ClO4. The molecule has 0 bridgehead atoms. The first kappa shape index (κ1) is 16.3. The summed E-state index contributed by atoms with van der Waals surface area (Å²) in [7, 11) is 1.35. The third kappa shape index (κ3) is 2.69. The summed E-state index contributed by atoms with van der Waals surface area (Å²) in [4.78, 5) is 23.8. The van der Waals surface area contributed by atoms with Gasteiger partial charge >= 0.3 is 11.9 Å². The van der Waals surface area contributed by atoms with E-state index in [-0.39, 0.29) is 5.97 Å². The normalized spacial score (nSPS) is 18.5. The van der Waals surface area contributed by atoms with Crippen molar-refractivity contribution in [2.75, 3.05) is 7.11 Å². The van der Waals surface area contributed by atoms with E-state index in [1.165, 1.54) is 14.0 Å². The van der Waals surface area contributed by atoms with Crippen LogP contribution in [0.2, 0.25) is 5.02 Å². The second-order valence-electron chi connectivity index (χ2n) is 5.46. The second-order valence-corrected chi connectivity index (χ2v) is 5.89. The van der Waals surface area contributed by atoms with Crippen LogP contribution in [0.5, 0.6) is 5.75 Å². The molecule has 0 saturated carbocycles. The summed E-state index contributed by atoms with van der Waals surface area (Å²) in [5, 5.41) is 0.444. The number of ether oxygens (including phenoxy) is 2. The van der Waals surface area contributed by atoms with Crippen molar-refractivity contribution in [1.29, 1.82) is 0 Å². The largest absolute Gasteiger partial charge is 0.468 e. The first-order valence-electron chi connectivity index (χ1n) is 7.34. The third-order valence-electron chi connectivity index (χ3n) is 3.93. The van der Waals surface area contributed by atoms with E-state index < -0.39 is 11.4 Å². The van der Waals surface area contributed by atoms with Crippen molar-refractivity contribution in [1.82, 2.24) is 0 Å². The van der Waals surface area contributed by atoms with E-state index in [1.807, 2.05) is 36.4 Å². The first-order chi connectivity index (χ1) is 11.5. The SMILES string of the molecule is COC(=O)C1(c2ccccc2)C=C1c1ccc(Cl)cc1OC(C)=O. The Kier molecular flexibility index (Phi) is 4.16. The maximum Gasteiger partial charge on any atom is 0.324 e. The molecule has 122 valence electrons. The van der Waals surface area contributed by atoms with Gasteiger partial charge in [0.25, 0.3) is 0 Å². The molecule has 0 saturated heterocycles. The van der Waals surface area contributed by atoms with Gasteiger partial charge in [0.05, 0.1) is 7.11 Å². The standard InChI is InChI=1S/C19H15ClO4/c1-12(21)24-17-10-14(20)8-9-15(17)16-11-19(16,18(22)23-2)13-6-4-3-5-7-13/h3-11H,1-2H3. The van der Waals surface area contributed by atoms with E-state index in [1.54, 1.807) is 18.2 Å². The molecule has 0 fully saturated rings. The molecule has 5 heteroatoms. The van der Waals surface area contributed by atoms with Crippen LogP contribution in [-0.4, -0.2) is 19.0 Å². The molecular weight excluding hydrogens is 328 g/mol. The van der Waals surface area contributed by atoms with Gasteiger partial charge in [0, 0.05) is 23.6 Å². The van der Waals surface area contributed by atoms with Crippen molar-refractivity contribution in [3.05, 3.63) is 70.8 Å². The van der Waals surface area contributed by atoms with Crippen LogP contribution in [0, 0.1) is 0 Å². The number of methoxy groups -OCH3 is 1. The monoisotopic (exact) mass is 342 g/mol. The summed E-state index contributed by atoms with van der Waals surface area (Å²) in [5.74, 6) is -0.515. The van der Waals surface area contributed by atoms with Crippen molar-refractivity contribution in [3.8, 4) is 5.75 Å². The lowest BCUT2D eigenvalue weighted by atomic mass is 9.88. The molecule has 0 aliphatic heterocycles. The van der Waals surface area contributed by atoms with Crippen LogP contribution >= 0.6 is 11.6 Å². The van der Waals surface area contributed by atoms with Crippen LogP contribution in [-0.2, 0) is 19.7 Å². The molecule has 24 heavy (non-hydrogen) atoms. The Morgan fingerprint density at radius 2 is 1.79 bits per heavy atom. The number of esters is 2. The minimum atomic E-state index is -0.960. The molecule has 2 aromatic carbocycles. The highest BCUT2D eigenvalue weighted by Crippen LogP contribution is 2.55. The molecule has 0 radical (unpaired) electrons. The average Bonchev–Trinajstić information content (AvgIpc) is 3.31. The molecule has 0 N–H and O–H groups in total. The van der Waals surface area contributed by atoms with Crippen molar-refractivity contribution in [3.63, 3.8) is 0 Å². The number of rotatable bonds is 4. The average molecular weight is 343 g/mol. The Labute approximate surface area is 144 Å².